The van der Waals surface area contributed by atoms with Crippen LogP contribution >= 0.6 is 79.6 Å². The fourth-order valence-corrected chi connectivity index (χ4v) is 25.4. The van der Waals surface area contributed by atoms with Gasteiger partial charge in [0.2, 0.25) is 0 Å². The molecule has 0 spiro atoms. The minimum atomic E-state index is -6.78. The molecular formula is C30H20Br5FTe. The molecule has 0 heterocycles. The van der Waals surface area contributed by atoms with E-state index in [2.05, 4.69) is 79.6 Å². The van der Waals surface area contributed by atoms with Gasteiger partial charge in [-0.1, -0.05) is 0 Å². The van der Waals surface area contributed by atoms with E-state index in [-0.39, 0.29) is 0 Å². The number of hydrogen-bond donors (Lipinski definition) is 0. The van der Waals surface area contributed by atoms with E-state index in [1.807, 2.05) is 121 Å². The van der Waals surface area contributed by atoms with E-state index >= 15 is 2.89 Å². The van der Waals surface area contributed by atoms with Gasteiger partial charge < -0.3 is 0 Å². The summed E-state index contributed by atoms with van der Waals surface area (Å²) in [4.78, 5) is 0. The van der Waals surface area contributed by atoms with Crippen molar-refractivity contribution < 1.29 is 2.89 Å². The number of hydrogen-bond acceptors (Lipinski definition) is 0. The zero-order chi connectivity index (χ0) is 26.3. The number of benzene rings is 5. The van der Waals surface area contributed by atoms with Crippen LogP contribution in [-0.4, -0.2) is 16.0 Å². The molecule has 0 fully saturated rings. The first-order valence-electron chi connectivity index (χ1n) is 11.2. The Morgan fingerprint density at radius 1 is 0.297 bits per heavy atom. The average molecular weight is 927 g/mol. The van der Waals surface area contributed by atoms with Gasteiger partial charge in [0.05, 0.1) is 0 Å². The molecule has 0 aliphatic rings. The Balaban J connectivity index is 2.20. The fraction of sp³-hybridized carbons (Fsp3) is 0. The summed E-state index contributed by atoms with van der Waals surface area (Å²) in [6.45, 7) is 0. The van der Waals surface area contributed by atoms with Crippen molar-refractivity contribution in [2.75, 3.05) is 0 Å². The van der Waals surface area contributed by atoms with Crippen molar-refractivity contribution in [2.24, 2.45) is 0 Å². The second kappa shape index (κ2) is 10.00. The molecule has 0 aliphatic heterocycles. The van der Waals surface area contributed by atoms with E-state index in [1.54, 1.807) is 0 Å². The van der Waals surface area contributed by atoms with Crippen LogP contribution in [0, 0.1) is 0 Å². The van der Waals surface area contributed by atoms with Gasteiger partial charge in [-0.05, 0) is 0 Å². The zero-order valence-corrected chi connectivity index (χ0v) is 29.5. The van der Waals surface area contributed by atoms with E-state index < -0.39 is 16.0 Å². The summed E-state index contributed by atoms with van der Waals surface area (Å²) in [6, 6.07) is 38.9. The van der Waals surface area contributed by atoms with Gasteiger partial charge in [0.15, 0.2) is 0 Å². The van der Waals surface area contributed by atoms with Gasteiger partial charge in [-0.15, -0.1) is 0 Å². The molecule has 0 aromatic heterocycles. The first kappa shape index (κ1) is 27.8. The van der Waals surface area contributed by atoms with Crippen molar-refractivity contribution in [3.05, 3.63) is 144 Å². The first-order valence-corrected chi connectivity index (χ1v) is 21.9. The van der Waals surface area contributed by atoms with Gasteiger partial charge >= 0.3 is 260 Å². The standard InChI is InChI=1S/C30H20Br5FTe/c31-21-1-11-26(12-2-21)37(36,27-13-3-22(32)4-14-27,28-15-5-23(33)6-16-28,29-17-7-24(34)8-18-29)30-19-9-25(35)10-20-30/h1-20H. The molecule has 5 aromatic rings. The molecule has 5 aromatic carbocycles. The quantitative estimate of drug-likeness (QED) is 0.156. The van der Waals surface area contributed by atoms with Crippen molar-refractivity contribution in [1.82, 2.24) is 0 Å². The molecule has 0 nitrogen and oxygen atoms in total. The predicted molar refractivity (Wildman–Crippen MR) is 176 cm³/mol. The molecule has 0 amide bonds. The van der Waals surface area contributed by atoms with Gasteiger partial charge in [-0.3, -0.25) is 0 Å². The second-order valence-electron chi connectivity index (χ2n) is 8.68. The molecule has 37 heavy (non-hydrogen) atoms. The second-order valence-corrected chi connectivity index (χ2v) is 28.0. The molecule has 0 saturated heterocycles. The van der Waals surface area contributed by atoms with Crippen LogP contribution in [0.5, 0.6) is 0 Å². The van der Waals surface area contributed by atoms with Crippen LogP contribution in [0.1, 0.15) is 0 Å². The van der Waals surface area contributed by atoms with E-state index in [0.29, 0.717) is 18.1 Å². The van der Waals surface area contributed by atoms with E-state index in [9.17, 15) is 0 Å². The molecule has 0 radical (unpaired) electrons. The third-order valence-corrected chi connectivity index (χ3v) is 29.4. The topological polar surface area (TPSA) is 0 Å². The van der Waals surface area contributed by atoms with Crippen LogP contribution in [0.4, 0.5) is 2.89 Å². The Kier molecular flexibility index (Phi) is 7.51. The normalized spacial score (nSPS) is 13.6. The Labute approximate surface area is 257 Å². The summed E-state index contributed by atoms with van der Waals surface area (Å²) in [5.41, 5.74) is 0. The maximum absolute atomic E-state index is 21.0. The van der Waals surface area contributed by atoms with Gasteiger partial charge in [0.1, 0.15) is 0 Å². The van der Waals surface area contributed by atoms with Crippen molar-refractivity contribution >= 4 is 114 Å². The summed E-state index contributed by atoms with van der Waals surface area (Å²) in [5, 5.41) is 0. The van der Waals surface area contributed by atoms with Crippen LogP contribution in [0.15, 0.2) is 144 Å². The molecular weight excluding hydrogens is 906 g/mol. The summed E-state index contributed by atoms with van der Waals surface area (Å²) in [7, 11) is 0. The zero-order valence-electron chi connectivity index (χ0n) is 19.2. The monoisotopic (exact) mass is 924 g/mol. The molecule has 0 atom stereocenters. The van der Waals surface area contributed by atoms with Crippen molar-refractivity contribution in [1.29, 1.82) is 0 Å². The summed E-state index contributed by atoms with van der Waals surface area (Å²) >= 11 is 11.1. The van der Waals surface area contributed by atoms with Crippen molar-refractivity contribution in [2.45, 2.75) is 0 Å². The molecule has 0 unspecified atom stereocenters. The molecule has 0 saturated carbocycles. The van der Waals surface area contributed by atoms with Crippen LogP contribution < -0.4 is 18.1 Å². The van der Waals surface area contributed by atoms with Crippen LogP contribution in [0.3, 0.4) is 0 Å². The van der Waals surface area contributed by atoms with Crippen LogP contribution in [0.25, 0.3) is 0 Å². The van der Waals surface area contributed by atoms with Gasteiger partial charge in [-0.25, -0.2) is 0 Å². The van der Waals surface area contributed by atoms with Crippen LogP contribution in [-0.2, 0) is 0 Å². The van der Waals surface area contributed by atoms with Crippen molar-refractivity contribution in [3.63, 3.8) is 0 Å². The third-order valence-electron chi connectivity index (χ3n) is 6.87. The molecule has 0 bridgehead atoms. The minimum absolute atomic E-state index is 0.652. The summed E-state index contributed by atoms with van der Waals surface area (Å²) < 4.78 is 28.7. The fourth-order valence-electron chi connectivity index (χ4n) is 5.15. The predicted octanol–water partition coefficient (Wildman–Crippen LogP) is 8.16. The van der Waals surface area contributed by atoms with E-state index in [1.165, 1.54) is 0 Å². The van der Waals surface area contributed by atoms with Gasteiger partial charge in [-0.2, -0.15) is 0 Å². The van der Waals surface area contributed by atoms with Gasteiger partial charge in [0.25, 0.3) is 0 Å². The molecule has 7 heteroatoms. The Morgan fingerprint density at radius 3 is 0.568 bits per heavy atom. The van der Waals surface area contributed by atoms with Gasteiger partial charge in [0, 0.05) is 0 Å². The Hall–Kier alpha value is -0.780. The van der Waals surface area contributed by atoms with E-state index in [4.69, 9.17) is 0 Å². The molecule has 0 N–H and O–H groups in total. The van der Waals surface area contributed by atoms with Crippen LogP contribution in [0.2, 0.25) is 0 Å². The summed E-state index contributed by atoms with van der Waals surface area (Å²) in [6.07, 6.45) is 0. The maximum atomic E-state index is 21.0. The Bertz CT molecular complexity index is 1290. The van der Waals surface area contributed by atoms with Crippen molar-refractivity contribution in [3.8, 4) is 0 Å². The number of halogens is 6. The first-order chi connectivity index (χ1) is 17.6. The molecule has 0 aliphatic carbocycles. The molecule has 188 valence electrons. The Morgan fingerprint density at radius 2 is 0.432 bits per heavy atom. The molecule has 5 rings (SSSR count). The summed E-state index contributed by atoms with van der Waals surface area (Å²) in [5.74, 6) is 0. The average Bonchev–Trinajstić information content (AvgIpc) is 2.90. The SMILES string of the molecule is F[Te](c1ccc(Br)cc1)(c1ccc(Br)cc1)(c1ccc(Br)cc1)(c1ccc(Br)cc1)c1ccc(Br)cc1. The third kappa shape index (κ3) is 3.95. The number of rotatable bonds is 5. The van der Waals surface area contributed by atoms with E-state index in [0.717, 1.165) is 22.4 Å².